The van der Waals surface area contributed by atoms with Crippen LogP contribution in [-0.4, -0.2) is 24.3 Å². The standard InChI is InChI=1S/C9H8Cl2O2.C7H4Cl2O2/c1-2-13-9-6(5-12)3-7(10)4-8(9)11;8-5-1-4(3-10)7(11)6(9)2-5/h3-5H,2H2,1H3;1-3,11H. The van der Waals surface area contributed by atoms with Crippen molar-refractivity contribution >= 4 is 59.0 Å². The fourth-order valence-corrected chi connectivity index (χ4v) is 2.71. The zero-order valence-electron chi connectivity index (χ0n) is 12.4. The highest BCUT2D eigenvalue weighted by Gasteiger charge is 2.09. The summed E-state index contributed by atoms with van der Waals surface area (Å²) >= 11 is 22.6. The summed E-state index contributed by atoms with van der Waals surface area (Å²) in [7, 11) is 0. The fourth-order valence-electron chi connectivity index (χ4n) is 1.64. The molecule has 0 aliphatic rings. The Morgan fingerprint density at radius 2 is 1.42 bits per heavy atom. The first-order chi connectivity index (χ1) is 11.3. The molecule has 0 heterocycles. The summed E-state index contributed by atoms with van der Waals surface area (Å²) in [4.78, 5) is 20.9. The van der Waals surface area contributed by atoms with Gasteiger partial charge in [-0.3, -0.25) is 9.59 Å². The molecule has 2 aromatic rings. The van der Waals surface area contributed by atoms with E-state index in [2.05, 4.69) is 0 Å². The van der Waals surface area contributed by atoms with Gasteiger partial charge in [-0.2, -0.15) is 0 Å². The van der Waals surface area contributed by atoms with Gasteiger partial charge in [0, 0.05) is 10.0 Å². The Labute approximate surface area is 158 Å². The molecule has 0 aliphatic carbocycles. The van der Waals surface area contributed by atoms with Crippen molar-refractivity contribution in [3.8, 4) is 11.5 Å². The molecule has 0 saturated heterocycles. The van der Waals surface area contributed by atoms with Crippen molar-refractivity contribution in [3.05, 3.63) is 55.5 Å². The third kappa shape index (κ3) is 5.56. The van der Waals surface area contributed by atoms with Crippen LogP contribution in [0.2, 0.25) is 20.1 Å². The largest absolute Gasteiger partial charge is 0.506 e. The Kier molecular flexibility index (Phi) is 8.36. The van der Waals surface area contributed by atoms with Gasteiger partial charge in [-0.1, -0.05) is 46.4 Å². The zero-order valence-corrected chi connectivity index (χ0v) is 15.4. The van der Waals surface area contributed by atoms with Crippen molar-refractivity contribution in [2.45, 2.75) is 6.92 Å². The van der Waals surface area contributed by atoms with Crippen LogP contribution in [0.1, 0.15) is 27.6 Å². The highest BCUT2D eigenvalue weighted by molar-refractivity contribution is 6.36. The van der Waals surface area contributed by atoms with Crippen LogP contribution < -0.4 is 4.74 Å². The molecule has 0 unspecified atom stereocenters. The van der Waals surface area contributed by atoms with Gasteiger partial charge in [-0.15, -0.1) is 0 Å². The van der Waals surface area contributed by atoms with Gasteiger partial charge < -0.3 is 9.84 Å². The first kappa shape index (κ1) is 20.6. The van der Waals surface area contributed by atoms with Gasteiger partial charge in [-0.05, 0) is 31.2 Å². The lowest BCUT2D eigenvalue weighted by molar-refractivity contribution is 0.111. The number of halogens is 4. The van der Waals surface area contributed by atoms with Gasteiger partial charge in [-0.25, -0.2) is 0 Å². The number of rotatable bonds is 4. The average molecular weight is 410 g/mol. The third-order valence-corrected chi connectivity index (χ3v) is 3.64. The molecule has 0 bridgehead atoms. The van der Waals surface area contributed by atoms with Crippen LogP contribution in [0.5, 0.6) is 11.5 Å². The molecule has 0 spiro atoms. The summed E-state index contributed by atoms with van der Waals surface area (Å²) in [5, 5.41) is 10.3. The minimum atomic E-state index is -0.230. The number of phenolic OH excluding ortho intramolecular Hbond substituents is 1. The summed E-state index contributed by atoms with van der Waals surface area (Å²) in [6.07, 6.45) is 1.16. The number of phenols is 1. The molecule has 2 aromatic carbocycles. The van der Waals surface area contributed by atoms with Crippen LogP contribution in [-0.2, 0) is 0 Å². The van der Waals surface area contributed by atoms with Gasteiger partial charge in [0.25, 0.3) is 0 Å². The first-order valence-corrected chi connectivity index (χ1v) is 8.05. The molecule has 128 valence electrons. The number of hydrogen-bond acceptors (Lipinski definition) is 4. The molecule has 0 radical (unpaired) electrons. The van der Waals surface area contributed by atoms with Crippen LogP contribution in [0.15, 0.2) is 24.3 Å². The lowest BCUT2D eigenvalue weighted by Crippen LogP contribution is -1.96. The highest BCUT2D eigenvalue weighted by atomic mass is 35.5. The second kappa shape index (κ2) is 9.74. The molecule has 0 aliphatic heterocycles. The summed E-state index contributed by atoms with van der Waals surface area (Å²) < 4.78 is 5.19. The first-order valence-electron chi connectivity index (χ1n) is 6.54. The second-order valence-corrected chi connectivity index (χ2v) is 5.99. The number of carbonyl (C=O) groups excluding carboxylic acids is 2. The van der Waals surface area contributed by atoms with Crippen molar-refractivity contribution in [3.63, 3.8) is 0 Å². The Balaban J connectivity index is 0.000000243. The number of benzene rings is 2. The molecular weight excluding hydrogens is 398 g/mol. The van der Waals surface area contributed by atoms with E-state index in [1.165, 1.54) is 18.2 Å². The molecule has 8 heteroatoms. The Hall–Kier alpha value is -1.46. The van der Waals surface area contributed by atoms with Gasteiger partial charge >= 0.3 is 0 Å². The van der Waals surface area contributed by atoms with E-state index in [0.717, 1.165) is 0 Å². The van der Waals surface area contributed by atoms with E-state index in [9.17, 15) is 9.59 Å². The van der Waals surface area contributed by atoms with Gasteiger partial charge in [0.05, 0.1) is 27.8 Å². The number of carbonyl (C=O) groups is 2. The Morgan fingerprint density at radius 1 is 0.917 bits per heavy atom. The van der Waals surface area contributed by atoms with Crippen LogP contribution in [0, 0.1) is 0 Å². The quantitative estimate of drug-likeness (QED) is 0.656. The summed E-state index contributed by atoms with van der Waals surface area (Å²) in [6.45, 7) is 2.28. The van der Waals surface area contributed by atoms with Crippen LogP contribution in [0.3, 0.4) is 0 Å². The van der Waals surface area contributed by atoms with Crippen molar-refractivity contribution in [2.75, 3.05) is 6.61 Å². The SMILES string of the molecule is CCOc1c(Cl)cc(Cl)cc1C=O.O=Cc1cc(Cl)cc(Cl)c1O. The van der Waals surface area contributed by atoms with E-state index in [1.54, 1.807) is 6.07 Å². The van der Waals surface area contributed by atoms with E-state index in [0.29, 0.717) is 45.6 Å². The van der Waals surface area contributed by atoms with Gasteiger partial charge in [0.2, 0.25) is 0 Å². The molecule has 0 saturated carbocycles. The minimum Gasteiger partial charge on any atom is -0.506 e. The Bertz CT molecular complexity index is 747. The van der Waals surface area contributed by atoms with Crippen molar-refractivity contribution in [2.24, 2.45) is 0 Å². The zero-order chi connectivity index (χ0) is 18.3. The summed E-state index contributed by atoms with van der Waals surface area (Å²) in [5.41, 5.74) is 0.474. The van der Waals surface area contributed by atoms with Gasteiger partial charge in [0.1, 0.15) is 11.5 Å². The maximum atomic E-state index is 10.6. The lowest BCUT2D eigenvalue weighted by Gasteiger charge is -2.08. The molecule has 1 N–H and O–H groups in total. The van der Waals surface area contributed by atoms with Crippen molar-refractivity contribution < 1.29 is 19.4 Å². The molecule has 24 heavy (non-hydrogen) atoms. The van der Waals surface area contributed by atoms with Crippen LogP contribution in [0.25, 0.3) is 0 Å². The summed E-state index contributed by atoms with van der Waals surface area (Å²) in [5.74, 6) is 0.162. The molecule has 0 amide bonds. The number of aromatic hydroxyl groups is 1. The van der Waals surface area contributed by atoms with Gasteiger partial charge in [0.15, 0.2) is 12.6 Å². The maximum Gasteiger partial charge on any atom is 0.153 e. The van der Waals surface area contributed by atoms with Crippen LogP contribution >= 0.6 is 46.4 Å². The summed E-state index contributed by atoms with van der Waals surface area (Å²) in [6, 6.07) is 5.77. The van der Waals surface area contributed by atoms with E-state index >= 15 is 0 Å². The maximum absolute atomic E-state index is 10.6. The average Bonchev–Trinajstić information content (AvgIpc) is 2.53. The fraction of sp³-hybridized carbons (Fsp3) is 0.125. The molecule has 0 fully saturated rings. The van der Waals surface area contributed by atoms with Crippen molar-refractivity contribution in [1.82, 2.24) is 0 Å². The van der Waals surface area contributed by atoms with E-state index < -0.39 is 0 Å². The topological polar surface area (TPSA) is 63.6 Å². The normalized spacial score (nSPS) is 9.71. The number of hydrogen-bond donors (Lipinski definition) is 1. The predicted octanol–water partition coefficient (Wildman–Crippen LogP) is 5.72. The van der Waals surface area contributed by atoms with E-state index in [4.69, 9.17) is 56.2 Å². The molecule has 4 nitrogen and oxygen atoms in total. The minimum absolute atomic E-state index is 0.0830. The smallest absolute Gasteiger partial charge is 0.153 e. The molecular formula is C16H12Cl4O4. The second-order valence-electron chi connectivity index (χ2n) is 4.30. The highest BCUT2D eigenvalue weighted by Crippen LogP contribution is 2.31. The molecule has 0 atom stereocenters. The molecule has 0 aromatic heterocycles. The van der Waals surface area contributed by atoms with E-state index in [-0.39, 0.29) is 16.3 Å². The lowest BCUT2D eigenvalue weighted by atomic mass is 10.2. The molecule has 2 rings (SSSR count). The van der Waals surface area contributed by atoms with Crippen LogP contribution in [0.4, 0.5) is 0 Å². The number of aldehydes is 2. The predicted molar refractivity (Wildman–Crippen MR) is 96.5 cm³/mol. The van der Waals surface area contributed by atoms with E-state index in [1.807, 2.05) is 6.92 Å². The number of ether oxygens (including phenoxy) is 1. The van der Waals surface area contributed by atoms with Crippen molar-refractivity contribution in [1.29, 1.82) is 0 Å². The Morgan fingerprint density at radius 3 is 1.92 bits per heavy atom. The monoisotopic (exact) mass is 408 g/mol. The third-order valence-electron chi connectivity index (χ3n) is 2.64.